The van der Waals surface area contributed by atoms with Gasteiger partial charge in [0, 0.05) is 12.7 Å². The van der Waals surface area contributed by atoms with E-state index < -0.39 is 11.9 Å². The quantitative estimate of drug-likeness (QED) is 0.241. The van der Waals surface area contributed by atoms with E-state index in [1.54, 1.807) is 47.6 Å². The maximum absolute atomic E-state index is 13.3. The van der Waals surface area contributed by atoms with E-state index in [0.717, 1.165) is 5.56 Å². The molecule has 0 saturated carbocycles. The SMILES string of the molecule is COCOC(=O)c1c(C)c(C)c(OC(=O)c2c(C)cc(OCc3ccccc3)c(C)c2O)c(C)c1C. The summed E-state index contributed by atoms with van der Waals surface area (Å²) >= 11 is 0. The van der Waals surface area contributed by atoms with Crippen LogP contribution >= 0.6 is 0 Å². The average molecular weight is 493 g/mol. The molecule has 36 heavy (non-hydrogen) atoms. The Balaban J connectivity index is 1.91. The van der Waals surface area contributed by atoms with Gasteiger partial charge in [0.05, 0.1) is 5.56 Å². The Morgan fingerprint density at radius 2 is 1.42 bits per heavy atom. The molecule has 0 bridgehead atoms. The highest BCUT2D eigenvalue weighted by Gasteiger charge is 2.26. The summed E-state index contributed by atoms with van der Waals surface area (Å²) in [7, 11) is 1.44. The Morgan fingerprint density at radius 1 is 0.806 bits per heavy atom. The number of methoxy groups -OCH3 is 1. The lowest BCUT2D eigenvalue weighted by Crippen LogP contribution is -2.17. The molecule has 0 atom stereocenters. The minimum atomic E-state index is -0.692. The van der Waals surface area contributed by atoms with Crippen LogP contribution in [0.2, 0.25) is 0 Å². The molecule has 0 amide bonds. The lowest BCUT2D eigenvalue weighted by Gasteiger charge is -2.20. The first kappa shape index (κ1) is 26.8. The molecule has 0 fully saturated rings. The summed E-state index contributed by atoms with van der Waals surface area (Å²) in [4.78, 5) is 25.8. The van der Waals surface area contributed by atoms with Gasteiger partial charge in [0.2, 0.25) is 0 Å². The summed E-state index contributed by atoms with van der Waals surface area (Å²) < 4.78 is 21.7. The van der Waals surface area contributed by atoms with Gasteiger partial charge in [-0.05, 0) is 81.0 Å². The normalized spacial score (nSPS) is 10.8. The van der Waals surface area contributed by atoms with Crippen molar-refractivity contribution in [1.82, 2.24) is 0 Å². The van der Waals surface area contributed by atoms with Crippen LogP contribution < -0.4 is 9.47 Å². The van der Waals surface area contributed by atoms with Crippen molar-refractivity contribution in [3.63, 3.8) is 0 Å². The van der Waals surface area contributed by atoms with Crippen molar-refractivity contribution in [1.29, 1.82) is 0 Å². The van der Waals surface area contributed by atoms with Crippen LogP contribution in [0.25, 0.3) is 0 Å². The molecule has 190 valence electrons. The molecule has 0 aliphatic carbocycles. The van der Waals surface area contributed by atoms with Gasteiger partial charge in [0.1, 0.15) is 29.4 Å². The van der Waals surface area contributed by atoms with Crippen LogP contribution in [0.1, 0.15) is 59.7 Å². The lowest BCUT2D eigenvalue weighted by molar-refractivity contribution is -0.0126. The second-order valence-corrected chi connectivity index (χ2v) is 8.75. The monoisotopic (exact) mass is 492 g/mol. The minimum Gasteiger partial charge on any atom is -0.507 e. The highest BCUT2D eigenvalue weighted by Crippen LogP contribution is 2.37. The van der Waals surface area contributed by atoms with Gasteiger partial charge in [-0.25, -0.2) is 9.59 Å². The molecule has 3 aromatic rings. The van der Waals surface area contributed by atoms with E-state index in [0.29, 0.717) is 57.1 Å². The fourth-order valence-electron chi connectivity index (χ4n) is 4.08. The largest absolute Gasteiger partial charge is 0.507 e. The van der Waals surface area contributed by atoms with Gasteiger partial charge in [-0.3, -0.25) is 0 Å². The minimum absolute atomic E-state index is 0.0669. The summed E-state index contributed by atoms with van der Waals surface area (Å²) in [6, 6.07) is 11.4. The molecule has 0 aliphatic rings. The number of carbonyl (C=O) groups is 2. The van der Waals surface area contributed by atoms with Gasteiger partial charge < -0.3 is 24.1 Å². The number of hydrogen-bond acceptors (Lipinski definition) is 7. The van der Waals surface area contributed by atoms with Crippen LogP contribution in [-0.2, 0) is 16.1 Å². The first-order chi connectivity index (χ1) is 17.1. The highest BCUT2D eigenvalue weighted by molar-refractivity contribution is 5.98. The van der Waals surface area contributed by atoms with Crippen molar-refractivity contribution >= 4 is 11.9 Å². The average Bonchev–Trinajstić information content (AvgIpc) is 2.86. The van der Waals surface area contributed by atoms with Crippen molar-refractivity contribution in [2.24, 2.45) is 0 Å². The first-order valence-electron chi connectivity index (χ1n) is 11.6. The van der Waals surface area contributed by atoms with Gasteiger partial charge in [-0.2, -0.15) is 0 Å². The summed E-state index contributed by atoms with van der Waals surface area (Å²) in [6.07, 6.45) is 0. The molecule has 0 aromatic heterocycles. The summed E-state index contributed by atoms with van der Waals surface area (Å²) in [5.74, 6) is -0.553. The number of phenolic OH excluding ortho intramolecular Hbond substituents is 1. The third-order valence-corrected chi connectivity index (χ3v) is 6.41. The van der Waals surface area contributed by atoms with E-state index in [4.69, 9.17) is 18.9 Å². The Morgan fingerprint density at radius 3 is 2.00 bits per heavy atom. The van der Waals surface area contributed by atoms with E-state index in [-0.39, 0.29) is 18.1 Å². The number of ether oxygens (including phenoxy) is 4. The molecular formula is C29H32O7. The van der Waals surface area contributed by atoms with Crippen LogP contribution in [0.4, 0.5) is 0 Å². The Labute approximate surface area is 211 Å². The zero-order chi connectivity index (χ0) is 26.6. The Bertz CT molecular complexity index is 1260. The first-order valence-corrected chi connectivity index (χ1v) is 11.6. The zero-order valence-corrected chi connectivity index (χ0v) is 21.8. The highest BCUT2D eigenvalue weighted by atomic mass is 16.7. The van der Waals surface area contributed by atoms with E-state index in [9.17, 15) is 14.7 Å². The molecule has 0 saturated heterocycles. The van der Waals surface area contributed by atoms with E-state index >= 15 is 0 Å². The third kappa shape index (κ3) is 5.36. The topological polar surface area (TPSA) is 91.3 Å². The van der Waals surface area contributed by atoms with Crippen LogP contribution in [0.5, 0.6) is 17.2 Å². The zero-order valence-electron chi connectivity index (χ0n) is 21.8. The predicted octanol–water partition coefficient (Wildman–Crippen LogP) is 5.80. The second-order valence-electron chi connectivity index (χ2n) is 8.75. The van der Waals surface area contributed by atoms with Crippen LogP contribution in [0.15, 0.2) is 36.4 Å². The Hall–Kier alpha value is -3.84. The van der Waals surface area contributed by atoms with Crippen LogP contribution in [0.3, 0.4) is 0 Å². The van der Waals surface area contributed by atoms with Crippen molar-refractivity contribution in [3.05, 3.63) is 86.5 Å². The molecule has 0 radical (unpaired) electrons. The third-order valence-electron chi connectivity index (χ3n) is 6.41. The summed E-state index contributed by atoms with van der Waals surface area (Å²) in [5, 5.41) is 10.9. The maximum atomic E-state index is 13.3. The molecule has 0 unspecified atom stereocenters. The molecule has 0 spiro atoms. The molecule has 1 N–H and O–H groups in total. The number of benzene rings is 3. The van der Waals surface area contributed by atoms with E-state index in [1.807, 2.05) is 30.3 Å². The number of carbonyl (C=O) groups excluding carboxylic acids is 2. The predicted molar refractivity (Wildman–Crippen MR) is 136 cm³/mol. The molecule has 7 nitrogen and oxygen atoms in total. The molecule has 3 aromatic carbocycles. The van der Waals surface area contributed by atoms with Gasteiger partial charge in [0.25, 0.3) is 0 Å². The fourth-order valence-corrected chi connectivity index (χ4v) is 4.08. The molecule has 7 heteroatoms. The van der Waals surface area contributed by atoms with Crippen molar-refractivity contribution in [3.8, 4) is 17.2 Å². The maximum Gasteiger partial charge on any atom is 0.347 e. The summed E-state index contributed by atoms with van der Waals surface area (Å²) in [6.45, 7) is 10.7. The van der Waals surface area contributed by atoms with Gasteiger partial charge in [-0.1, -0.05) is 30.3 Å². The number of hydrogen-bond donors (Lipinski definition) is 1. The van der Waals surface area contributed by atoms with Gasteiger partial charge >= 0.3 is 11.9 Å². The second kappa shape index (κ2) is 11.3. The summed E-state index contributed by atoms with van der Waals surface area (Å²) in [5.41, 5.74) is 4.99. The van der Waals surface area contributed by atoms with Crippen molar-refractivity contribution in [2.45, 2.75) is 48.1 Å². The molecule has 3 rings (SSSR count). The number of rotatable bonds is 8. The lowest BCUT2D eigenvalue weighted by atomic mass is 9.93. The number of aryl methyl sites for hydroxylation is 1. The molecular weight excluding hydrogens is 460 g/mol. The van der Waals surface area contributed by atoms with Crippen molar-refractivity contribution < 1.29 is 33.6 Å². The van der Waals surface area contributed by atoms with Gasteiger partial charge in [-0.15, -0.1) is 0 Å². The van der Waals surface area contributed by atoms with Crippen LogP contribution in [-0.4, -0.2) is 30.9 Å². The van der Waals surface area contributed by atoms with Crippen molar-refractivity contribution in [2.75, 3.05) is 13.9 Å². The van der Waals surface area contributed by atoms with E-state index in [2.05, 4.69) is 0 Å². The van der Waals surface area contributed by atoms with Gasteiger partial charge in [0.15, 0.2) is 6.79 Å². The molecule has 0 heterocycles. The smallest absolute Gasteiger partial charge is 0.347 e. The fraction of sp³-hybridized carbons (Fsp3) is 0.310. The van der Waals surface area contributed by atoms with Crippen LogP contribution in [0, 0.1) is 41.5 Å². The molecule has 0 aliphatic heterocycles. The number of phenols is 1. The number of esters is 2. The standard InChI is InChI=1S/C29H32O7/c1-16-13-23(34-14-22-11-9-8-10-12-22)21(6)26(30)24(16)29(32)36-27-19(4)17(2)25(18(3)20(27)5)28(31)35-15-33-7/h8-13,30H,14-15H2,1-7H3. The Kier molecular flexibility index (Phi) is 8.37. The number of aromatic hydroxyl groups is 1. The van der Waals surface area contributed by atoms with E-state index in [1.165, 1.54) is 7.11 Å².